The summed E-state index contributed by atoms with van der Waals surface area (Å²) in [6, 6.07) is -0.307. The highest BCUT2D eigenvalue weighted by Gasteiger charge is 2.54. The van der Waals surface area contributed by atoms with E-state index in [4.69, 9.17) is 0 Å². The van der Waals surface area contributed by atoms with E-state index >= 15 is 0 Å². The fraction of sp³-hybridized carbons (Fsp3) is 0.812. The number of nitrogens with one attached hydrogen (secondary N) is 1. The number of rotatable bonds is 5. The van der Waals surface area contributed by atoms with Crippen molar-refractivity contribution >= 4 is 15.9 Å². The molecule has 0 bridgehead atoms. The molecule has 10 heteroatoms. The van der Waals surface area contributed by atoms with Crippen molar-refractivity contribution in [1.82, 2.24) is 29.5 Å². The third kappa shape index (κ3) is 3.77. The van der Waals surface area contributed by atoms with Crippen molar-refractivity contribution in [2.75, 3.05) is 39.5 Å². The smallest absolute Gasteiger partial charge is 0.228 e. The van der Waals surface area contributed by atoms with Crippen LogP contribution in [0.2, 0.25) is 0 Å². The molecule has 1 N–H and O–H groups in total. The number of hydrogen-bond donors (Lipinski definition) is 1. The second-order valence-corrected chi connectivity index (χ2v) is 9.48. The molecule has 2 aliphatic heterocycles. The van der Waals surface area contributed by atoms with Gasteiger partial charge in [-0.1, -0.05) is 5.21 Å². The number of likely N-dealkylation sites (tertiary alicyclic amines) is 1. The monoisotopic (exact) mass is 384 g/mol. The van der Waals surface area contributed by atoms with Gasteiger partial charge in [-0.15, -0.1) is 5.10 Å². The first-order chi connectivity index (χ1) is 12.2. The summed E-state index contributed by atoms with van der Waals surface area (Å²) in [6.45, 7) is 4.73. The molecule has 0 unspecified atom stereocenters. The highest BCUT2D eigenvalue weighted by atomic mass is 32.2. The third-order valence-electron chi connectivity index (χ3n) is 5.57. The predicted molar refractivity (Wildman–Crippen MR) is 96.9 cm³/mol. The molecule has 2 atom stereocenters. The Balaban J connectivity index is 1.74. The summed E-state index contributed by atoms with van der Waals surface area (Å²) in [7, 11) is -1.37. The average Bonchev–Trinajstić information content (AvgIpc) is 2.98. The lowest BCUT2D eigenvalue weighted by Gasteiger charge is -2.52. The van der Waals surface area contributed by atoms with Crippen molar-refractivity contribution in [3.05, 3.63) is 11.9 Å². The van der Waals surface area contributed by atoms with Crippen molar-refractivity contribution in [2.24, 2.45) is 5.41 Å². The van der Waals surface area contributed by atoms with Crippen LogP contribution in [0.15, 0.2) is 6.20 Å². The number of aromatic nitrogens is 3. The summed E-state index contributed by atoms with van der Waals surface area (Å²) in [5.41, 5.74) is 0.188. The van der Waals surface area contributed by atoms with Crippen molar-refractivity contribution < 1.29 is 13.2 Å². The van der Waals surface area contributed by atoms with Crippen LogP contribution in [0.5, 0.6) is 0 Å². The molecule has 26 heavy (non-hydrogen) atoms. The minimum atomic E-state index is -3.35. The van der Waals surface area contributed by atoms with Crippen LogP contribution in [-0.4, -0.2) is 84.0 Å². The molecule has 9 nitrogen and oxygen atoms in total. The number of fused-ring (bicyclic) bond motifs is 1. The van der Waals surface area contributed by atoms with Crippen molar-refractivity contribution in [3.8, 4) is 0 Å². The van der Waals surface area contributed by atoms with Gasteiger partial charge in [-0.2, -0.15) is 4.31 Å². The van der Waals surface area contributed by atoms with Gasteiger partial charge in [0.25, 0.3) is 0 Å². The largest absolute Gasteiger partial charge is 0.354 e. The van der Waals surface area contributed by atoms with E-state index < -0.39 is 15.4 Å². The van der Waals surface area contributed by atoms with Gasteiger partial charge in [0.2, 0.25) is 15.9 Å². The number of piperidine rings is 2. The maximum Gasteiger partial charge on any atom is 0.228 e. The van der Waals surface area contributed by atoms with Crippen LogP contribution in [0, 0.1) is 12.3 Å². The van der Waals surface area contributed by atoms with E-state index in [0.29, 0.717) is 39.0 Å². The maximum atomic E-state index is 13.1. The van der Waals surface area contributed by atoms with Gasteiger partial charge in [-0.3, -0.25) is 9.48 Å². The van der Waals surface area contributed by atoms with Crippen LogP contribution in [0.3, 0.4) is 0 Å². The normalized spacial score (nSPS) is 27.9. The van der Waals surface area contributed by atoms with Crippen molar-refractivity contribution in [3.63, 3.8) is 0 Å². The van der Waals surface area contributed by atoms with Crippen molar-refractivity contribution in [1.29, 1.82) is 0 Å². The maximum absolute atomic E-state index is 13.1. The molecule has 1 aromatic heterocycles. The molecule has 0 aliphatic carbocycles. The van der Waals surface area contributed by atoms with Crippen LogP contribution in [-0.2, 0) is 21.4 Å². The first-order valence-corrected chi connectivity index (χ1v) is 10.9. The van der Waals surface area contributed by atoms with Crippen LogP contribution in [0.25, 0.3) is 0 Å². The van der Waals surface area contributed by atoms with Crippen LogP contribution in [0.4, 0.5) is 0 Å². The van der Waals surface area contributed by atoms with E-state index in [9.17, 15) is 13.2 Å². The lowest BCUT2D eigenvalue weighted by molar-refractivity contribution is -0.141. The van der Waals surface area contributed by atoms with E-state index in [1.807, 2.05) is 20.2 Å². The molecule has 3 heterocycles. The topological polar surface area (TPSA) is 100 Å². The van der Waals surface area contributed by atoms with Gasteiger partial charge in [-0.25, -0.2) is 8.42 Å². The van der Waals surface area contributed by atoms with Gasteiger partial charge in [0.05, 0.1) is 30.0 Å². The Morgan fingerprint density at radius 3 is 2.81 bits per heavy atom. The lowest BCUT2D eigenvalue weighted by atomic mass is 9.68. The predicted octanol–water partition coefficient (Wildman–Crippen LogP) is -0.551. The number of amides is 1. The number of hydrogen-bond acceptors (Lipinski definition) is 6. The number of carbonyl (C=O) groups excluding carboxylic acids is 1. The minimum absolute atomic E-state index is 0.0409. The Bertz CT molecular complexity index is 764. The number of carbonyl (C=O) groups is 1. The quantitative estimate of drug-likeness (QED) is 0.731. The minimum Gasteiger partial charge on any atom is -0.354 e. The molecular weight excluding hydrogens is 356 g/mol. The second kappa shape index (κ2) is 7.24. The van der Waals surface area contributed by atoms with Crippen LogP contribution in [0.1, 0.15) is 25.0 Å². The van der Waals surface area contributed by atoms with E-state index in [0.717, 1.165) is 18.7 Å². The van der Waals surface area contributed by atoms with Crippen LogP contribution >= 0.6 is 0 Å². The summed E-state index contributed by atoms with van der Waals surface area (Å²) in [4.78, 5) is 15.2. The zero-order valence-electron chi connectivity index (χ0n) is 15.7. The second-order valence-electron chi connectivity index (χ2n) is 7.54. The molecule has 0 aromatic carbocycles. The highest BCUT2D eigenvalue weighted by Crippen LogP contribution is 2.43. The Labute approximate surface area is 154 Å². The molecule has 0 radical (unpaired) electrons. The van der Waals surface area contributed by atoms with Gasteiger partial charge < -0.3 is 10.2 Å². The average molecular weight is 385 g/mol. The van der Waals surface area contributed by atoms with E-state index in [2.05, 4.69) is 20.5 Å². The van der Waals surface area contributed by atoms with Gasteiger partial charge in [0.15, 0.2) is 0 Å². The molecule has 1 aromatic rings. The summed E-state index contributed by atoms with van der Waals surface area (Å²) in [5.74, 6) is -0.0409. The van der Waals surface area contributed by atoms with Crippen molar-refractivity contribution in [2.45, 2.75) is 38.8 Å². The molecular formula is C16H28N6O3S. The SMILES string of the molecule is Cc1cn(CCNC(=O)[C@@]23CCCN(S(C)(=O)=O)[C@H]2CN(C)CC3)nn1. The number of aryl methyl sites for hydroxylation is 1. The zero-order chi connectivity index (χ0) is 18.9. The lowest BCUT2D eigenvalue weighted by Crippen LogP contribution is -2.66. The zero-order valence-corrected chi connectivity index (χ0v) is 16.5. The third-order valence-corrected chi connectivity index (χ3v) is 6.86. The van der Waals surface area contributed by atoms with E-state index in [1.165, 1.54) is 10.6 Å². The molecule has 3 rings (SSSR count). The standard InChI is InChI=1S/C16H28N6O3S/c1-13-11-21(19-18-13)10-7-17-15(23)16-5-4-8-22(26(3,24)25)14(16)12-20(2)9-6-16/h11,14H,4-10,12H2,1-3H3,(H,17,23)/t14-,16+/m0/s1. The Hall–Kier alpha value is -1.52. The number of sulfonamides is 1. The summed E-state index contributed by atoms with van der Waals surface area (Å²) < 4.78 is 27.8. The first-order valence-electron chi connectivity index (χ1n) is 9.03. The fourth-order valence-corrected chi connectivity index (χ4v) is 5.41. The molecule has 0 spiro atoms. The Morgan fingerprint density at radius 1 is 1.38 bits per heavy atom. The first kappa shape index (κ1) is 19.2. The summed E-state index contributed by atoms with van der Waals surface area (Å²) in [6.07, 6.45) is 5.18. The molecule has 146 valence electrons. The molecule has 0 saturated carbocycles. The highest BCUT2D eigenvalue weighted by molar-refractivity contribution is 7.88. The summed E-state index contributed by atoms with van der Waals surface area (Å²) in [5, 5.41) is 10.9. The van der Waals surface area contributed by atoms with Crippen LogP contribution < -0.4 is 5.32 Å². The van der Waals surface area contributed by atoms with Gasteiger partial charge in [-0.05, 0) is 39.8 Å². The molecule has 2 aliphatic rings. The van der Waals surface area contributed by atoms with Gasteiger partial charge in [0, 0.05) is 25.8 Å². The van der Waals surface area contributed by atoms with Gasteiger partial charge in [0.1, 0.15) is 0 Å². The molecule has 1 amide bonds. The fourth-order valence-electron chi connectivity index (χ4n) is 4.22. The summed E-state index contributed by atoms with van der Waals surface area (Å²) >= 11 is 0. The van der Waals surface area contributed by atoms with Gasteiger partial charge >= 0.3 is 0 Å². The van der Waals surface area contributed by atoms with E-state index in [1.54, 1.807) is 4.68 Å². The Morgan fingerprint density at radius 2 is 2.15 bits per heavy atom. The molecule has 2 saturated heterocycles. The number of likely N-dealkylation sites (N-methyl/N-ethyl adjacent to an activating group) is 1. The van der Waals surface area contributed by atoms with E-state index in [-0.39, 0.29) is 11.9 Å². The number of nitrogens with zero attached hydrogens (tertiary/aromatic N) is 5. The molecule has 2 fully saturated rings. The Kier molecular flexibility index (Phi) is 5.36.